The van der Waals surface area contributed by atoms with Crippen molar-refractivity contribution in [3.63, 3.8) is 0 Å². The van der Waals surface area contributed by atoms with Gasteiger partial charge in [0.05, 0.1) is 17.3 Å². The number of aliphatic hydroxyl groups excluding tert-OH is 1. The van der Waals surface area contributed by atoms with Crippen LogP contribution in [0.4, 0.5) is 5.13 Å². The summed E-state index contributed by atoms with van der Waals surface area (Å²) in [5.41, 5.74) is 0.915. The quantitative estimate of drug-likeness (QED) is 0.152. The van der Waals surface area contributed by atoms with Gasteiger partial charge in [-0.3, -0.25) is 14.5 Å². The van der Waals surface area contributed by atoms with Crippen LogP contribution in [0, 0.1) is 6.92 Å². The normalized spacial score (nSPS) is 17.9. The number of nitrogens with zero attached hydrogens (tertiary/aromatic N) is 2. The molecule has 1 amide bonds. The lowest BCUT2D eigenvalue weighted by atomic mass is 9.95. The van der Waals surface area contributed by atoms with Crippen LogP contribution in [0.5, 0.6) is 11.5 Å². The van der Waals surface area contributed by atoms with Crippen molar-refractivity contribution in [2.45, 2.75) is 13.0 Å². The highest BCUT2D eigenvalue weighted by molar-refractivity contribution is 7.17. The van der Waals surface area contributed by atoms with E-state index < -0.39 is 29.5 Å². The molecular formula is C27H21ClN2O7S. The monoisotopic (exact) mass is 552 g/mol. The predicted molar refractivity (Wildman–Crippen MR) is 141 cm³/mol. The number of hydrogen-bond donors (Lipinski definition) is 1. The first kappa shape index (κ1) is 25.5. The molecule has 0 spiro atoms. The van der Waals surface area contributed by atoms with Gasteiger partial charge in [-0.05, 0) is 42.8 Å². The summed E-state index contributed by atoms with van der Waals surface area (Å²) >= 11 is 7.16. The minimum atomic E-state index is -1.07. The van der Waals surface area contributed by atoms with Crippen LogP contribution in [0.2, 0.25) is 5.02 Å². The second kappa shape index (κ2) is 10.3. The van der Waals surface area contributed by atoms with Gasteiger partial charge in [0.1, 0.15) is 30.5 Å². The molecule has 2 aliphatic rings. The fourth-order valence-corrected chi connectivity index (χ4v) is 5.43. The Balaban J connectivity index is 1.65. The minimum absolute atomic E-state index is 0.00800. The van der Waals surface area contributed by atoms with E-state index in [9.17, 15) is 19.5 Å². The number of amides is 1. The first-order chi connectivity index (χ1) is 18.3. The molecule has 0 saturated carbocycles. The number of rotatable bonds is 6. The van der Waals surface area contributed by atoms with E-state index >= 15 is 0 Å². The lowest BCUT2D eigenvalue weighted by molar-refractivity contribution is -0.132. The zero-order chi connectivity index (χ0) is 27.0. The first-order valence-electron chi connectivity index (χ1n) is 11.5. The molecule has 1 fully saturated rings. The molecule has 1 unspecified atom stereocenters. The third-order valence-corrected chi connectivity index (χ3v) is 7.31. The van der Waals surface area contributed by atoms with Gasteiger partial charge in [-0.25, -0.2) is 9.78 Å². The molecule has 9 nitrogen and oxygen atoms in total. The van der Waals surface area contributed by atoms with Crippen molar-refractivity contribution in [2.24, 2.45) is 0 Å². The summed E-state index contributed by atoms with van der Waals surface area (Å²) in [7, 11) is 0. The Morgan fingerprint density at radius 3 is 2.74 bits per heavy atom. The highest BCUT2D eigenvalue weighted by Gasteiger charge is 2.48. The number of ether oxygens (including phenoxy) is 3. The van der Waals surface area contributed by atoms with Crippen LogP contribution >= 0.6 is 22.9 Å². The maximum atomic E-state index is 13.4. The number of carbonyl (C=O) groups is 3. The van der Waals surface area contributed by atoms with Gasteiger partial charge < -0.3 is 19.3 Å². The van der Waals surface area contributed by atoms with Crippen LogP contribution < -0.4 is 14.4 Å². The molecule has 194 valence electrons. The number of aryl methyl sites for hydroxylation is 1. The van der Waals surface area contributed by atoms with E-state index in [1.807, 2.05) is 0 Å². The Morgan fingerprint density at radius 2 is 2.00 bits per heavy atom. The number of aliphatic hydroxyl groups is 1. The third-order valence-electron chi connectivity index (χ3n) is 5.93. The maximum absolute atomic E-state index is 13.4. The zero-order valence-corrected chi connectivity index (χ0v) is 21.7. The Bertz CT molecular complexity index is 1510. The van der Waals surface area contributed by atoms with E-state index in [4.69, 9.17) is 25.8 Å². The largest absolute Gasteiger partial charge is 0.507 e. The summed E-state index contributed by atoms with van der Waals surface area (Å²) in [6.45, 7) is 5.87. The van der Waals surface area contributed by atoms with E-state index in [1.165, 1.54) is 11.0 Å². The molecule has 3 aromatic rings. The van der Waals surface area contributed by atoms with Crippen LogP contribution in [0.1, 0.15) is 32.5 Å². The Kier molecular flexibility index (Phi) is 6.92. The van der Waals surface area contributed by atoms with Crippen LogP contribution in [0.25, 0.3) is 5.76 Å². The van der Waals surface area contributed by atoms with Gasteiger partial charge in [0.15, 0.2) is 16.6 Å². The first-order valence-corrected chi connectivity index (χ1v) is 12.7. The third kappa shape index (κ3) is 4.52. The Hall–Kier alpha value is -4.15. The maximum Gasteiger partial charge on any atom is 0.350 e. The van der Waals surface area contributed by atoms with E-state index in [2.05, 4.69) is 11.6 Å². The lowest BCUT2D eigenvalue weighted by Gasteiger charge is -2.23. The van der Waals surface area contributed by atoms with Gasteiger partial charge in [-0.15, -0.1) is 0 Å². The Morgan fingerprint density at radius 1 is 1.24 bits per heavy atom. The van der Waals surface area contributed by atoms with Crippen molar-refractivity contribution in [2.75, 3.05) is 24.7 Å². The fraction of sp³-hybridized carbons (Fsp3) is 0.185. The molecule has 0 bridgehead atoms. The number of carbonyl (C=O) groups excluding carboxylic acids is 3. The molecule has 1 aromatic heterocycles. The van der Waals surface area contributed by atoms with E-state index in [1.54, 1.807) is 49.4 Å². The highest BCUT2D eigenvalue weighted by atomic mass is 35.5. The number of hydrogen-bond acceptors (Lipinski definition) is 9. The van der Waals surface area contributed by atoms with Crippen molar-refractivity contribution in [3.05, 3.63) is 87.4 Å². The summed E-state index contributed by atoms with van der Waals surface area (Å²) in [6, 6.07) is 10.3. The second-order valence-corrected chi connectivity index (χ2v) is 9.79. The highest BCUT2D eigenvalue weighted by Crippen LogP contribution is 2.45. The second-order valence-electron chi connectivity index (χ2n) is 8.38. The average molecular weight is 553 g/mol. The molecule has 38 heavy (non-hydrogen) atoms. The average Bonchev–Trinajstić information content (AvgIpc) is 3.43. The number of ketones is 1. The summed E-state index contributed by atoms with van der Waals surface area (Å²) in [4.78, 5) is 45.1. The molecule has 0 aliphatic carbocycles. The fourth-order valence-electron chi connectivity index (χ4n) is 4.24. The van der Waals surface area contributed by atoms with E-state index in [-0.39, 0.29) is 27.8 Å². The van der Waals surface area contributed by atoms with Crippen molar-refractivity contribution < 1.29 is 33.7 Å². The number of esters is 1. The topological polar surface area (TPSA) is 115 Å². The molecule has 1 atom stereocenters. The van der Waals surface area contributed by atoms with Crippen molar-refractivity contribution in [1.29, 1.82) is 0 Å². The number of halogens is 1. The van der Waals surface area contributed by atoms with Gasteiger partial charge in [0.2, 0.25) is 0 Å². The van der Waals surface area contributed by atoms with Crippen molar-refractivity contribution >= 4 is 51.5 Å². The molecule has 1 saturated heterocycles. The van der Waals surface area contributed by atoms with Gasteiger partial charge >= 0.3 is 11.9 Å². The lowest BCUT2D eigenvalue weighted by Crippen LogP contribution is -2.29. The van der Waals surface area contributed by atoms with Gasteiger partial charge in [-0.1, -0.05) is 47.7 Å². The van der Waals surface area contributed by atoms with Crippen LogP contribution in [0.15, 0.2) is 60.7 Å². The number of anilines is 1. The molecule has 2 aliphatic heterocycles. The van der Waals surface area contributed by atoms with Crippen molar-refractivity contribution in [3.8, 4) is 11.5 Å². The standard InChI is InChI=1S/C27H21ClN2O7S/c1-3-9-37-26(34)24-14(2)29-27(38-24)30-21(15-5-4-6-17(28)12-15)20(23(32)25(30)33)22(31)16-7-8-18-19(13-16)36-11-10-35-18/h3-8,12-13,21,31H,1,9-11H2,2H3. The number of fused-ring (bicyclic) bond motifs is 1. The SMILES string of the molecule is C=CCOC(=O)c1sc(N2C(=O)C(=O)C(=C(O)c3ccc4c(c3)OCCO4)C2c2cccc(Cl)c2)nc1C. The van der Waals surface area contributed by atoms with Crippen LogP contribution in [-0.2, 0) is 14.3 Å². The summed E-state index contributed by atoms with van der Waals surface area (Å²) in [6.07, 6.45) is 1.44. The summed E-state index contributed by atoms with van der Waals surface area (Å²) < 4.78 is 16.3. The number of Topliss-reactive ketones (excluding diaryl/α,β-unsaturated/α-hetero) is 1. The predicted octanol–water partition coefficient (Wildman–Crippen LogP) is 4.85. The van der Waals surface area contributed by atoms with Crippen molar-refractivity contribution in [1.82, 2.24) is 4.98 Å². The van der Waals surface area contributed by atoms with Gasteiger partial charge in [-0.2, -0.15) is 0 Å². The smallest absolute Gasteiger partial charge is 0.350 e. The molecule has 5 rings (SSSR count). The van der Waals surface area contributed by atoms with E-state index in [0.29, 0.717) is 41.0 Å². The zero-order valence-electron chi connectivity index (χ0n) is 20.1. The molecule has 2 aromatic carbocycles. The molecule has 0 radical (unpaired) electrons. The van der Waals surface area contributed by atoms with Crippen LogP contribution in [0.3, 0.4) is 0 Å². The molecule has 1 N–H and O–H groups in total. The summed E-state index contributed by atoms with van der Waals surface area (Å²) in [5.74, 6) is -1.93. The van der Waals surface area contributed by atoms with Crippen LogP contribution in [-0.4, -0.2) is 47.6 Å². The summed E-state index contributed by atoms with van der Waals surface area (Å²) in [5, 5.41) is 11.8. The van der Waals surface area contributed by atoms with Gasteiger partial charge in [0.25, 0.3) is 5.78 Å². The number of aromatic nitrogens is 1. The number of thiazole rings is 1. The van der Waals surface area contributed by atoms with Gasteiger partial charge in [0, 0.05) is 10.6 Å². The minimum Gasteiger partial charge on any atom is -0.507 e. The molecule has 11 heteroatoms. The number of benzene rings is 2. The van der Waals surface area contributed by atoms with E-state index in [0.717, 1.165) is 11.3 Å². The molecular weight excluding hydrogens is 532 g/mol. The molecule has 3 heterocycles. The Labute approximate surface area is 226 Å².